The maximum atomic E-state index is 11.6. The normalized spacial score (nSPS) is 10.2. The van der Waals surface area contributed by atoms with Gasteiger partial charge in [-0.25, -0.2) is 0 Å². The summed E-state index contributed by atoms with van der Waals surface area (Å²) in [5.41, 5.74) is 0. The maximum Gasteiger partial charge on any atom is 0.319 e. The zero-order valence-electron chi connectivity index (χ0n) is 11.8. The molecular formula is C13H26N2O3. The van der Waals surface area contributed by atoms with E-state index in [-0.39, 0.29) is 18.4 Å². The summed E-state index contributed by atoms with van der Waals surface area (Å²) in [5.74, 6) is -0.134. The standard InChI is InChI=1S/C13H26N2O3/c1-4-7-10-18-13(17)11-14-9-8-12(16)15(5-2)6-3/h14H,4-11H2,1-3H3. The number of esters is 1. The molecular weight excluding hydrogens is 232 g/mol. The van der Waals surface area contributed by atoms with Crippen molar-refractivity contribution in [2.24, 2.45) is 0 Å². The predicted octanol–water partition coefficient (Wildman–Crippen LogP) is 1.18. The molecule has 1 N–H and O–H groups in total. The van der Waals surface area contributed by atoms with Gasteiger partial charge in [-0.1, -0.05) is 13.3 Å². The molecule has 0 fully saturated rings. The van der Waals surface area contributed by atoms with Gasteiger partial charge in [0.05, 0.1) is 13.2 Å². The smallest absolute Gasteiger partial charge is 0.319 e. The van der Waals surface area contributed by atoms with Crippen LogP contribution >= 0.6 is 0 Å². The quantitative estimate of drug-likeness (QED) is 0.472. The third kappa shape index (κ3) is 8.06. The Morgan fingerprint density at radius 3 is 2.39 bits per heavy atom. The summed E-state index contributed by atoms with van der Waals surface area (Å²) in [6.07, 6.45) is 2.33. The van der Waals surface area contributed by atoms with Crippen LogP contribution in [0.4, 0.5) is 0 Å². The average molecular weight is 258 g/mol. The number of carbonyl (C=O) groups excluding carboxylic acids is 2. The Hall–Kier alpha value is -1.10. The summed E-state index contributed by atoms with van der Waals surface area (Å²) in [4.78, 5) is 24.6. The zero-order valence-corrected chi connectivity index (χ0v) is 11.8. The van der Waals surface area contributed by atoms with Crippen LogP contribution in [0.15, 0.2) is 0 Å². The number of nitrogens with zero attached hydrogens (tertiary/aromatic N) is 1. The molecule has 5 nitrogen and oxygen atoms in total. The lowest BCUT2D eigenvalue weighted by Gasteiger charge is -2.18. The van der Waals surface area contributed by atoms with Gasteiger partial charge < -0.3 is 15.0 Å². The SMILES string of the molecule is CCCCOC(=O)CNCCC(=O)N(CC)CC. The molecule has 0 atom stereocenters. The van der Waals surface area contributed by atoms with Gasteiger partial charge in [0, 0.05) is 26.1 Å². The van der Waals surface area contributed by atoms with Crippen LogP contribution in [0.2, 0.25) is 0 Å². The molecule has 0 aliphatic rings. The van der Waals surface area contributed by atoms with Crippen LogP contribution in [0.5, 0.6) is 0 Å². The van der Waals surface area contributed by atoms with Gasteiger partial charge in [0.2, 0.25) is 5.91 Å². The van der Waals surface area contributed by atoms with Crippen LogP contribution in [0, 0.1) is 0 Å². The van der Waals surface area contributed by atoms with E-state index in [1.807, 2.05) is 20.8 Å². The molecule has 1 amide bonds. The molecule has 0 aromatic carbocycles. The van der Waals surface area contributed by atoms with Crippen LogP contribution in [-0.4, -0.2) is 49.6 Å². The van der Waals surface area contributed by atoms with Crippen LogP contribution in [0.1, 0.15) is 40.0 Å². The van der Waals surface area contributed by atoms with E-state index in [0.29, 0.717) is 19.6 Å². The molecule has 0 aromatic heterocycles. The van der Waals surface area contributed by atoms with Gasteiger partial charge in [0.15, 0.2) is 0 Å². The van der Waals surface area contributed by atoms with Crippen LogP contribution in [0.25, 0.3) is 0 Å². The molecule has 0 rings (SSSR count). The topological polar surface area (TPSA) is 58.6 Å². The molecule has 0 heterocycles. The van der Waals surface area contributed by atoms with E-state index in [1.54, 1.807) is 4.90 Å². The number of unbranched alkanes of at least 4 members (excludes halogenated alkanes) is 1. The highest BCUT2D eigenvalue weighted by molar-refractivity contribution is 5.76. The van der Waals surface area contributed by atoms with Gasteiger partial charge in [0.1, 0.15) is 0 Å². The third-order valence-electron chi connectivity index (χ3n) is 2.66. The van der Waals surface area contributed by atoms with Gasteiger partial charge in [-0.15, -0.1) is 0 Å². The Kier molecular flexibility index (Phi) is 10.3. The highest BCUT2D eigenvalue weighted by Crippen LogP contribution is 1.93. The van der Waals surface area contributed by atoms with E-state index in [2.05, 4.69) is 5.32 Å². The van der Waals surface area contributed by atoms with Gasteiger partial charge in [0.25, 0.3) is 0 Å². The minimum atomic E-state index is -0.251. The average Bonchev–Trinajstić information content (AvgIpc) is 2.36. The molecule has 18 heavy (non-hydrogen) atoms. The molecule has 0 spiro atoms. The number of carbonyl (C=O) groups is 2. The first kappa shape index (κ1) is 16.9. The molecule has 0 bridgehead atoms. The van der Waals surface area contributed by atoms with Crippen molar-refractivity contribution in [3.63, 3.8) is 0 Å². The second kappa shape index (κ2) is 11.0. The van der Waals surface area contributed by atoms with E-state index in [1.165, 1.54) is 0 Å². The Balaban J connectivity index is 3.54. The molecule has 0 aliphatic carbocycles. The van der Waals surface area contributed by atoms with Crippen LogP contribution < -0.4 is 5.32 Å². The first-order chi connectivity index (χ1) is 8.65. The summed E-state index contributed by atoms with van der Waals surface area (Å²) >= 11 is 0. The van der Waals surface area contributed by atoms with Crippen molar-refractivity contribution >= 4 is 11.9 Å². The molecule has 5 heteroatoms. The molecule has 106 valence electrons. The summed E-state index contributed by atoms with van der Waals surface area (Å²) < 4.78 is 4.98. The second-order valence-corrected chi connectivity index (χ2v) is 4.07. The molecule has 0 aromatic rings. The van der Waals surface area contributed by atoms with Crippen LogP contribution in [-0.2, 0) is 14.3 Å². The molecule has 0 saturated carbocycles. The van der Waals surface area contributed by atoms with Gasteiger partial charge in [-0.3, -0.25) is 9.59 Å². The highest BCUT2D eigenvalue weighted by Gasteiger charge is 2.09. The van der Waals surface area contributed by atoms with Crippen molar-refractivity contribution < 1.29 is 14.3 Å². The van der Waals surface area contributed by atoms with Crippen molar-refractivity contribution in [1.29, 1.82) is 0 Å². The first-order valence-corrected chi connectivity index (χ1v) is 6.79. The van der Waals surface area contributed by atoms with Crippen molar-refractivity contribution in [3.8, 4) is 0 Å². The lowest BCUT2D eigenvalue weighted by atomic mass is 10.3. The fourth-order valence-electron chi connectivity index (χ4n) is 1.50. The Morgan fingerprint density at radius 2 is 1.83 bits per heavy atom. The van der Waals surface area contributed by atoms with Crippen molar-refractivity contribution in [1.82, 2.24) is 10.2 Å². The molecule has 0 unspecified atom stereocenters. The predicted molar refractivity (Wildman–Crippen MR) is 71.3 cm³/mol. The summed E-state index contributed by atoms with van der Waals surface area (Å²) in [5, 5.41) is 2.92. The number of hydrogen-bond donors (Lipinski definition) is 1. The first-order valence-electron chi connectivity index (χ1n) is 6.79. The Morgan fingerprint density at radius 1 is 1.17 bits per heavy atom. The summed E-state index contributed by atoms with van der Waals surface area (Å²) in [6.45, 7) is 8.59. The van der Waals surface area contributed by atoms with E-state index in [0.717, 1.165) is 25.9 Å². The monoisotopic (exact) mass is 258 g/mol. The lowest BCUT2D eigenvalue weighted by molar-refractivity contribution is -0.142. The second-order valence-electron chi connectivity index (χ2n) is 4.07. The van der Waals surface area contributed by atoms with Gasteiger partial charge >= 0.3 is 5.97 Å². The zero-order chi connectivity index (χ0) is 13.8. The number of hydrogen-bond acceptors (Lipinski definition) is 4. The number of ether oxygens (including phenoxy) is 1. The molecule has 0 radical (unpaired) electrons. The summed E-state index contributed by atoms with van der Waals surface area (Å²) in [6, 6.07) is 0. The van der Waals surface area contributed by atoms with E-state index in [4.69, 9.17) is 4.74 Å². The van der Waals surface area contributed by atoms with E-state index >= 15 is 0 Å². The minimum absolute atomic E-state index is 0.117. The van der Waals surface area contributed by atoms with Crippen LogP contribution in [0.3, 0.4) is 0 Å². The van der Waals surface area contributed by atoms with Crippen molar-refractivity contribution in [2.75, 3.05) is 32.8 Å². The van der Waals surface area contributed by atoms with E-state index < -0.39 is 0 Å². The minimum Gasteiger partial charge on any atom is -0.465 e. The number of amides is 1. The van der Waals surface area contributed by atoms with Crippen molar-refractivity contribution in [2.45, 2.75) is 40.0 Å². The Labute approximate surface area is 110 Å². The molecule has 0 aliphatic heterocycles. The lowest BCUT2D eigenvalue weighted by Crippen LogP contribution is -2.34. The highest BCUT2D eigenvalue weighted by atomic mass is 16.5. The van der Waals surface area contributed by atoms with Crippen molar-refractivity contribution in [3.05, 3.63) is 0 Å². The number of rotatable bonds is 10. The van der Waals surface area contributed by atoms with Gasteiger partial charge in [-0.2, -0.15) is 0 Å². The Bertz CT molecular complexity index is 240. The third-order valence-corrected chi connectivity index (χ3v) is 2.66. The summed E-state index contributed by atoms with van der Waals surface area (Å²) in [7, 11) is 0. The fraction of sp³-hybridized carbons (Fsp3) is 0.846. The largest absolute Gasteiger partial charge is 0.465 e. The van der Waals surface area contributed by atoms with Gasteiger partial charge in [-0.05, 0) is 20.3 Å². The molecule has 0 saturated heterocycles. The maximum absolute atomic E-state index is 11.6. The van der Waals surface area contributed by atoms with E-state index in [9.17, 15) is 9.59 Å². The number of nitrogens with one attached hydrogen (secondary N) is 1. The fourth-order valence-corrected chi connectivity index (χ4v) is 1.50.